The van der Waals surface area contributed by atoms with Crippen LogP contribution in [0.4, 0.5) is 5.69 Å². The standard InChI is InChI=1S/C12H16Cl2N2O2/c1-16(4-3-5-18-2)12(17)9-6-8(15)7-10(13)11(9)14/h6-7H,3-5,15H2,1-2H3. The maximum atomic E-state index is 12.2. The highest BCUT2D eigenvalue weighted by molar-refractivity contribution is 6.44. The molecule has 0 saturated carbocycles. The first-order valence-corrected chi connectivity index (χ1v) is 6.22. The first-order chi connectivity index (χ1) is 8.47. The summed E-state index contributed by atoms with van der Waals surface area (Å²) in [5.74, 6) is -0.203. The minimum atomic E-state index is -0.203. The van der Waals surface area contributed by atoms with E-state index in [-0.39, 0.29) is 16.0 Å². The second kappa shape index (κ2) is 6.83. The van der Waals surface area contributed by atoms with E-state index in [1.807, 2.05) is 0 Å². The van der Waals surface area contributed by atoms with Crippen LogP contribution in [0.15, 0.2) is 12.1 Å². The van der Waals surface area contributed by atoms with Crippen LogP contribution in [-0.4, -0.2) is 38.1 Å². The highest BCUT2D eigenvalue weighted by atomic mass is 35.5. The molecule has 1 aromatic rings. The number of nitrogens with two attached hydrogens (primary N) is 1. The zero-order valence-electron chi connectivity index (χ0n) is 10.4. The zero-order chi connectivity index (χ0) is 13.7. The van der Waals surface area contributed by atoms with E-state index < -0.39 is 0 Å². The molecule has 4 nitrogen and oxygen atoms in total. The van der Waals surface area contributed by atoms with Gasteiger partial charge in [-0.15, -0.1) is 0 Å². The summed E-state index contributed by atoms with van der Waals surface area (Å²) in [4.78, 5) is 13.7. The van der Waals surface area contributed by atoms with E-state index in [4.69, 9.17) is 33.7 Å². The number of carbonyl (C=O) groups is 1. The topological polar surface area (TPSA) is 55.6 Å². The summed E-state index contributed by atoms with van der Waals surface area (Å²) in [7, 11) is 3.32. The number of nitrogens with zero attached hydrogens (tertiary/aromatic N) is 1. The molecule has 0 atom stereocenters. The molecule has 0 saturated heterocycles. The van der Waals surface area contributed by atoms with Crippen molar-refractivity contribution in [1.29, 1.82) is 0 Å². The Morgan fingerprint density at radius 1 is 1.44 bits per heavy atom. The normalized spacial score (nSPS) is 10.4. The van der Waals surface area contributed by atoms with Gasteiger partial charge in [-0.2, -0.15) is 0 Å². The molecule has 0 aliphatic heterocycles. The van der Waals surface area contributed by atoms with E-state index in [9.17, 15) is 4.79 Å². The number of benzene rings is 1. The number of halogens is 2. The fourth-order valence-corrected chi connectivity index (χ4v) is 1.94. The predicted octanol–water partition coefficient (Wildman–Crippen LogP) is 2.68. The van der Waals surface area contributed by atoms with Crippen LogP contribution in [0.2, 0.25) is 10.0 Å². The minimum absolute atomic E-state index is 0.203. The lowest BCUT2D eigenvalue weighted by Crippen LogP contribution is -2.28. The van der Waals surface area contributed by atoms with Crippen molar-refractivity contribution < 1.29 is 9.53 Å². The van der Waals surface area contributed by atoms with Gasteiger partial charge < -0.3 is 15.4 Å². The van der Waals surface area contributed by atoms with Gasteiger partial charge in [0.15, 0.2) is 0 Å². The van der Waals surface area contributed by atoms with E-state index in [1.165, 1.54) is 12.1 Å². The number of hydrogen-bond donors (Lipinski definition) is 1. The van der Waals surface area contributed by atoms with E-state index >= 15 is 0 Å². The molecule has 0 bridgehead atoms. The van der Waals surface area contributed by atoms with Crippen LogP contribution >= 0.6 is 23.2 Å². The molecule has 6 heteroatoms. The van der Waals surface area contributed by atoms with Crippen molar-refractivity contribution in [3.05, 3.63) is 27.7 Å². The van der Waals surface area contributed by atoms with Crippen molar-refractivity contribution in [3.63, 3.8) is 0 Å². The SMILES string of the molecule is COCCCN(C)C(=O)c1cc(N)cc(Cl)c1Cl. The van der Waals surface area contributed by atoms with Crippen molar-refractivity contribution >= 4 is 34.8 Å². The summed E-state index contributed by atoms with van der Waals surface area (Å²) >= 11 is 11.9. The molecule has 1 amide bonds. The van der Waals surface area contributed by atoms with E-state index in [0.29, 0.717) is 24.4 Å². The highest BCUT2D eigenvalue weighted by Gasteiger charge is 2.17. The summed E-state index contributed by atoms with van der Waals surface area (Å²) in [5, 5.41) is 0.514. The van der Waals surface area contributed by atoms with Gasteiger partial charge in [0.1, 0.15) is 0 Å². The number of nitrogen functional groups attached to an aromatic ring is 1. The molecule has 0 aromatic heterocycles. The number of ether oxygens (including phenoxy) is 1. The maximum absolute atomic E-state index is 12.2. The Morgan fingerprint density at radius 3 is 2.72 bits per heavy atom. The Labute approximate surface area is 117 Å². The summed E-state index contributed by atoms with van der Waals surface area (Å²) in [6.45, 7) is 1.18. The smallest absolute Gasteiger partial charge is 0.255 e. The molecule has 0 fully saturated rings. The second-order valence-corrected chi connectivity index (χ2v) is 4.72. The van der Waals surface area contributed by atoms with Crippen LogP contribution in [-0.2, 0) is 4.74 Å². The lowest BCUT2D eigenvalue weighted by atomic mass is 10.1. The first kappa shape index (κ1) is 15.1. The molecule has 1 rings (SSSR count). The van der Waals surface area contributed by atoms with Crippen molar-refractivity contribution in [3.8, 4) is 0 Å². The molecule has 0 heterocycles. The Bertz CT molecular complexity index is 438. The zero-order valence-corrected chi connectivity index (χ0v) is 11.9. The molecular formula is C12H16Cl2N2O2. The molecule has 0 radical (unpaired) electrons. The number of amides is 1. The monoisotopic (exact) mass is 290 g/mol. The molecule has 2 N–H and O–H groups in total. The molecule has 0 spiro atoms. The molecule has 0 aliphatic carbocycles. The number of anilines is 1. The van der Waals surface area contributed by atoms with Crippen LogP contribution in [0.3, 0.4) is 0 Å². The van der Waals surface area contributed by atoms with Crippen LogP contribution < -0.4 is 5.73 Å². The molecule has 0 aliphatic rings. The lowest BCUT2D eigenvalue weighted by Gasteiger charge is -2.18. The lowest BCUT2D eigenvalue weighted by molar-refractivity contribution is 0.0779. The molecule has 1 aromatic carbocycles. The number of rotatable bonds is 5. The summed E-state index contributed by atoms with van der Waals surface area (Å²) in [5.41, 5.74) is 6.39. The van der Waals surface area contributed by atoms with E-state index in [1.54, 1.807) is 19.1 Å². The third-order valence-electron chi connectivity index (χ3n) is 2.47. The van der Waals surface area contributed by atoms with Gasteiger partial charge in [0.05, 0.1) is 15.6 Å². The van der Waals surface area contributed by atoms with Gasteiger partial charge >= 0.3 is 0 Å². The van der Waals surface area contributed by atoms with Crippen molar-refractivity contribution in [2.24, 2.45) is 0 Å². The Kier molecular flexibility index (Phi) is 5.72. The summed E-state index contributed by atoms with van der Waals surface area (Å²) < 4.78 is 4.93. The van der Waals surface area contributed by atoms with Gasteiger partial charge in [-0.05, 0) is 18.6 Å². The molecule has 18 heavy (non-hydrogen) atoms. The van der Waals surface area contributed by atoms with Crippen LogP contribution in [0.5, 0.6) is 0 Å². The van der Waals surface area contributed by atoms with Gasteiger partial charge in [-0.3, -0.25) is 4.79 Å². The number of methoxy groups -OCH3 is 1. The largest absolute Gasteiger partial charge is 0.399 e. The highest BCUT2D eigenvalue weighted by Crippen LogP contribution is 2.29. The van der Waals surface area contributed by atoms with Crippen LogP contribution in [0.1, 0.15) is 16.8 Å². The summed E-state index contributed by atoms with van der Waals surface area (Å²) in [6.07, 6.45) is 0.756. The fourth-order valence-electron chi connectivity index (χ4n) is 1.52. The molecule has 0 unspecified atom stereocenters. The third kappa shape index (κ3) is 3.77. The Balaban J connectivity index is 2.83. The van der Waals surface area contributed by atoms with Gasteiger partial charge in [0.25, 0.3) is 5.91 Å². The maximum Gasteiger partial charge on any atom is 0.255 e. The van der Waals surface area contributed by atoms with E-state index in [2.05, 4.69) is 0 Å². The van der Waals surface area contributed by atoms with Gasteiger partial charge in [-0.1, -0.05) is 23.2 Å². The van der Waals surface area contributed by atoms with Gasteiger partial charge in [0.2, 0.25) is 0 Å². The van der Waals surface area contributed by atoms with Crippen LogP contribution in [0, 0.1) is 0 Å². The van der Waals surface area contributed by atoms with Crippen molar-refractivity contribution in [1.82, 2.24) is 4.90 Å². The minimum Gasteiger partial charge on any atom is -0.399 e. The Morgan fingerprint density at radius 2 is 2.11 bits per heavy atom. The third-order valence-corrected chi connectivity index (χ3v) is 3.27. The quantitative estimate of drug-likeness (QED) is 0.670. The van der Waals surface area contributed by atoms with E-state index in [0.717, 1.165) is 6.42 Å². The van der Waals surface area contributed by atoms with Gasteiger partial charge in [0, 0.05) is 33.0 Å². The first-order valence-electron chi connectivity index (χ1n) is 5.46. The van der Waals surface area contributed by atoms with Crippen molar-refractivity contribution in [2.75, 3.05) is 33.0 Å². The van der Waals surface area contributed by atoms with Crippen LogP contribution in [0.25, 0.3) is 0 Å². The number of hydrogen-bond acceptors (Lipinski definition) is 3. The molecule has 100 valence electrons. The number of carbonyl (C=O) groups excluding carboxylic acids is 1. The summed E-state index contributed by atoms with van der Waals surface area (Å²) in [6, 6.07) is 3.05. The second-order valence-electron chi connectivity index (χ2n) is 3.94. The Hall–Kier alpha value is -0.970. The van der Waals surface area contributed by atoms with Gasteiger partial charge in [-0.25, -0.2) is 0 Å². The fraction of sp³-hybridized carbons (Fsp3) is 0.417. The molecular weight excluding hydrogens is 275 g/mol. The predicted molar refractivity (Wildman–Crippen MR) is 74.3 cm³/mol. The van der Waals surface area contributed by atoms with Crippen molar-refractivity contribution in [2.45, 2.75) is 6.42 Å². The average Bonchev–Trinajstić information content (AvgIpc) is 2.33. The average molecular weight is 291 g/mol.